The Morgan fingerprint density at radius 2 is 2.33 bits per heavy atom. The third-order valence-corrected chi connectivity index (χ3v) is 5.02. The van der Waals surface area contributed by atoms with Crippen molar-refractivity contribution < 1.29 is 4.79 Å². The molecule has 1 fully saturated rings. The van der Waals surface area contributed by atoms with Gasteiger partial charge in [-0.15, -0.1) is 22.7 Å². The molecule has 1 aliphatic carbocycles. The topological polar surface area (TPSA) is 42.0 Å². The first kappa shape index (κ1) is 12.1. The number of halogens is 1. The summed E-state index contributed by atoms with van der Waals surface area (Å²) in [5, 5.41) is 5.48. The van der Waals surface area contributed by atoms with Crippen LogP contribution in [0.15, 0.2) is 17.5 Å². The van der Waals surface area contributed by atoms with Gasteiger partial charge < -0.3 is 5.32 Å². The van der Waals surface area contributed by atoms with Crippen LogP contribution in [-0.2, 0) is 4.79 Å². The molecule has 1 saturated carbocycles. The zero-order valence-corrected chi connectivity index (χ0v) is 12.0. The Kier molecular flexibility index (Phi) is 3.13. The molecule has 0 saturated heterocycles. The summed E-state index contributed by atoms with van der Waals surface area (Å²) in [5.41, 5.74) is 0.871. The summed E-state index contributed by atoms with van der Waals surface area (Å²) < 4.78 is 0.746. The number of rotatable bonds is 3. The second kappa shape index (κ2) is 4.64. The smallest absolute Gasteiger partial charge is 0.229 e. The van der Waals surface area contributed by atoms with Gasteiger partial charge in [0, 0.05) is 11.3 Å². The molecular weight excluding hydrogens is 288 g/mol. The van der Waals surface area contributed by atoms with E-state index in [1.807, 2.05) is 17.5 Å². The first-order valence-corrected chi connectivity index (χ1v) is 7.73. The standard InChI is InChI=1S/C12H11ClN2OS2/c1-6-4-7(6)11(16)15-12-14-8(5-17-12)9-2-3-10(13)18-9/h2-3,5-7H,4H2,1H3,(H,14,15,16)/t6-,7+/m0/s1. The van der Waals surface area contributed by atoms with Crippen LogP contribution in [-0.4, -0.2) is 10.9 Å². The Morgan fingerprint density at radius 1 is 1.56 bits per heavy atom. The number of carbonyl (C=O) groups excluding carboxylic acids is 1. The molecule has 3 nitrogen and oxygen atoms in total. The Labute approximate surface area is 118 Å². The molecule has 1 amide bonds. The molecule has 2 aromatic rings. The monoisotopic (exact) mass is 298 g/mol. The summed E-state index contributed by atoms with van der Waals surface area (Å²) in [6.07, 6.45) is 0.991. The van der Waals surface area contributed by atoms with Crippen LogP contribution in [0, 0.1) is 11.8 Å². The fourth-order valence-electron chi connectivity index (χ4n) is 1.78. The molecule has 2 aromatic heterocycles. The highest BCUT2D eigenvalue weighted by Gasteiger charge is 2.39. The molecule has 3 rings (SSSR count). The van der Waals surface area contributed by atoms with Crippen LogP contribution in [0.2, 0.25) is 4.34 Å². The Balaban J connectivity index is 1.71. The number of thiophene rings is 1. The van der Waals surface area contributed by atoms with Crippen molar-refractivity contribution in [3.8, 4) is 10.6 Å². The van der Waals surface area contributed by atoms with E-state index in [1.54, 1.807) is 0 Å². The maximum Gasteiger partial charge on any atom is 0.229 e. The van der Waals surface area contributed by atoms with Crippen LogP contribution >= 0.6 is 34.3 Å². The number of carbonyl (C=O) groups is 1. The number of hydrogen-bond acceptors (Lipinski definition) is 4. The third kappa shape index (κ3) is 2.43. The van der Waals surface area contributed by atoms with Gasteiger partial charge in [0.05, 0.1) is 14.9 Å². The van der Waals surface area contributed by atoms with Crippen molar-refractivity contribution in [2.75, 3.05) is 5.32 Å². The number of anilines is 1. The highest BCUT2D eigenvalue weighted by molar-refractivity contribution is 7.20. The number of aromatic nitrogens is 1. The molecule has 1 aliphatic rings. The quantitative estimate of drug-likeness (QED) is 0.926. The van der Waals surface area contributed by atoms with Crippen molar-refractivity contribution in [2.24, 2.45) is 11.8 Å². The second-order valence-corrected chi connectivity index (χ2v) is 7.02. The van der Waals surface area contributed by atoms with Crippen molar-refractivity contribution in [2.45, 2.75) is 13.3 Å². The molecule has 0 aromatic carbocycles. The SMILES string of the molecule is C[C@H]1C[C@H]1C(=O)Nc1nc(-c2ccc(Cl)s2)cs1. The van der Waals surface area contributed by atoms with Gasteiger partial charge in [-0.2, -0.15) is 0 Å². The Bertz CT molecular complexity index is 592. The lowest BCUT2D eigenvalue weighted by molar-refractivity contribution is -0.117. The Morgan fingerprint density at radius 3 is 2.94 bits per heavy atom. The van der Waals surface area contributed by atoms with Gasteiger partial charge in [0.2, 0.25) is 5.91 Å². The molecule has 0 radical (unpaired) electrons. The number of nitrogens with zero attached hydrogens (tertiary/aromatic N) is 1. The van der Waals surface area contributed by atoms with Gasteiger partial charge in [0.1, 0.15) is 0 Å². The number of thiazole rings is 1. The van der Waals surface area contributed by atoms with E-state index in [0.29, 0.717) is 11.0 Å². The average molecular weight is 299 g/mol. The summed E-state index contributed by atoms with van der Waals surface area (Å²) in [4.78, 5) is 17.2. The van der Waals surface area contributed by atoms with Gasteiger partial charge in [0.15, 0.2) is 5.13 Å². The van der Waals surface area contributed by atoms with Crippen molar-refractivity contribution >= 4 is 45.3 Å². The second-order valence-electron chi connectivity index (χ2n) is 4.45. The zero-order valence-electron chi connectivity index (χ0n) is 9.64. The lowest BCUT2D eigenvalue weighted by Crippen LogP contribution is -2.14. The first-order chi connectivity index (χ1) is 8.63. The summed E-state index contributed by atoms with van der Waals surface area (Å²) in [5.74, 6) is 0.779. The van der Waals surface area contributed by atoms with Crippen LogP contribution < -0.4 is 5.32 Å². The molecule has 94 valence electrons. The molecule has 6 heteroatoms. The van der Waals surface area contributed by atoms with E-state index >= 15 is 0 Å². The van der Waals surface area contributed by atoms with E-state index in [1.165, 1.54) is 22.7 Å². The largest absolute Gasteiger partial charge is 0.302 e. The maximum atomic E-state index is 11.8. The normalized spacial score (nSPS) is 21.9. The minimum atomic E-state index is 0.0904. The van der Waals surface area contributed by atoms with E-state index in [4.69, 9.17) is 11.6 Å². The Hall–Kier alpha value is -0.910. The average Bonchev–Trinajstić information content (AvgIpc) is 2.77. The molecule has 18 heavy (non-hydrogen) atoms. The van der Waals surface area contributed by atoms with E-state index in [0.717, 1.165) is 21.3 Å². The fourth-order valence-corrected chi connectivity index (χ4v) is 3.57. The zero-order chi connectivity index (χ0) is 12.7. The molecule has 0 unspecified atom stereocenters. The van der Waals surface area contributed by atoms with Crippen LogP contribution in [0.1, 0.15) is 13.3 Å². The highest BCUT2D eigenvalue weighted by Crippen LogP contribution is 2.39. The summed E-state index contributed by atoms with van der Waals surface area (Å²) >= 11 is 8.83. The van der Waals surface area contributed by atoms with E-state index in [-0.39, 0.29) is 11.8 Å². The van der Waals surface area contributed by atoms with E-state index < -0.39 is 0 Å². The highest BCUT2D eigenvalue weighted by atomic mass is 35.5. The molecule has 2 heterocycles. The van der Waals surface area contributed by atoms with Crippen LogP contribution in [0.3, 0.4) is 0 Å². The predicted octanol–water partition coefficient (Wildman–Crippen LogP) is 4.12. The van der Waals surface area contributed by atoms with Gasteiger partial charge in [-0.25, -0.2) is 4.98 Å². The first-order valence-electron chi connectivity index (χ1n) is 5.65. The lowest BCUT2D eigenvalue weighted by atomic mass is 10.3. The number of nitrogens with one attached hydrogen (secondary N) is 1. The van der Waals surface area contributed by atoms with Gasteiger partial charge in [-0.3, -0.25) is 4.79 Å². The summed E-state index contributed by atoms with van der Waals surface area (Å²) in [7, 11) is 0. The van der Waals surface area contributed by atoms with Crippen LogP contribution in [0.5, 0.6) is 0 Å². The summed E-state index contributed by atoms with van der Waals surface area (Å²) in [6, 6.07) is 3.79. The van der Waals surface area contributed by atoms with Crippen molar-refractivity contribution in [3.05, 3.63) is 21.8 Å². The molecule has 1 N–H and O–H groups in total. The molecular formula is C12H11ClN2OS2. The predicted molar refractivity (Wildman–Crippen MR) is 76.3 cm³/mol. The van der Waals surface area contributed by atoms with Gasteiger partial charge in [-0.05, 0) is 24.5 Å². The third-order valence-electron chi connectivity index (χ3n) is 3.01. The minimum Gasteiger partial charge on any atom is -0.302 e. The van der Waals surface area contributed by atoms with Crippen LogP contribution in [0.25, 0.3) is 10.6 Å². The van der Waals surface area contributed by atoms with Crippen molar-refractivity contribution in [3.63, 3.8) is 0 Å². The van der Waals surface area contributed by atoms with Crippen molar-refractivity contribution in [1.29, 1.82) is 0 Å². The fraction of sp³-hybridized carbons (Fsp3) is 0.333. The molecule has 0 bridgehead atoms. The van der Waals surface area contributed by atoms with Crippen molar-refractivity contribution in [1.82, 2.24) is 4.98 Å². The molecule has 2 atom stereocenters. The van der Waals surface area contributed by atoms with E-state index in [2.05, 4.69) is 17.2 Å². The minimum absolute atomic E-state index is 0.0904. The van der Waals surface area contributed by atoms with Crippen LogP contribution in [0.4, 0.5) is 5.13 Å². The van der Waals surface area contributed by atoms with Gasteiger partial charge >= 0.3 is 0 Å². The van der Waals surface area contributed by atoms with E-state index in [9.17, 15) is 4.79 Å². The maximum absolute atomic E-state index is 11.8. The van der Waals surface area contributed by atoms with Gasteiger partial charge in [0.25, 0.3) is 0 Å². The number of hydrogen-bond donors (Lipinski definition) is 1. The number of amides is 1. The van der Waals surface area contributed by atoms with Gasteiger partial charge in [-0.1, -0.05) is 18.5 Å². The molecule has 0 spiro atoms. The molecule has 0 aliphatic heterocycles. The lowest BCUT2D eigenvalue weighted by Gasteiger charge is -1.98. The summed E-state index contributed by atoms with van der Waals surface area (Å²) in [6.45, 7) is 2.09.